The number of pyridine rings is 1. The van der Waals surface area contributed by atoms with Crippen LogP contribution in [0.5, 0.6) is 5.88 Å². The van der Waals surface area contributed by atoms with Gasteiger partial charge in [-0.3, -0.25) is 0 Å². The van der Waals surface area contributed by atoms with Gasteiger partial charge in [0.05, 0.1) is 30.9 Å². The summed E-state index contributed by atoms with van der Waals surface area (Å²) >= 11 is 0. The molecule has 0 spiro atoms. The SMILES string of the molecule is CC(C)(C)OC(=O)N1CCN(c2nc(OCc3ccc(C#N)cc3F)ccc2CO)C(CO)C1. The number of amides is 1. The maximum Gasteiger partial charge on any atom is 0.410 e. The van der Waals surface area contributed by atoms with Crippen LogP contribution in [0.4, 0.5) is 15.0 Å². The molecule has 0 bridgehead atoms. The Hall–Kier alpha value is -3.42. The molecule has 1 aromatic heterocycles. The van der Waals surface area contributed by atoms with Gasteiger partial charge in [-0.25, -0.2) is 9.18 Å². The Bertz CT molecular complexity index is 1070. The number of nitrogens with zero attached hydrogens (tertiary/aromatic N) is 4. The summed E-state index contributed by atoms with van der Waals surface area (Å²) < 4.78 is 25.3. The molecule has 3 rings (SSSR count). The Morgan fingerprint density at radius 1 is 1.24 bits per heavy atom. The molecule has 0 radical (unpaired) electrons. The normalized spacial score (nSPS) is 16.2. The summed E-state index contributed by atoms with van der Waals surface area (Å²) in [5, 5.41) is 28.7. The molecule has 1 unspecified atom stereocenters. The lowest BCUT2D eigenvalue weighted by atomic mass is 10.1. The van der Waals surface area contributed by atoms with Crippen LogP contribution in [0.2, 0.25) is 0 Å². The Morgan fingerprint density at radius 2 is 1.97 bits per heavy atom. The number of carbonyl (C=O) groups excluding carboxylic acids is 1. The largest absolute Gasteiger partial charge is 0.473 e. The Labute approximate surface area is 198 Å². The van der Waals surface area contributed by atoms with Crippen LogP contribution in [0.25, 0.3) is 0 Å². The van der Waals surface area contributed by atoms with Gasteiger partial charge in [0.25, 0.3) is 0 Å². The van der Waals surface area contributed by atoms with E-state index in [2.05, 4.69) is 4.98 Å². The molecule has 1 aromatic carbocycles. The van der Waals surface area contributed by atoms with Crippen molar-refractivity contribution >= 4 is 11.9 Å². The van der Waals surface area contributed by atoms with Gasteiger partial charge < -0.3 is 29.5 Å². The number of aliphatic hydroxyl groups is 2. The van der Waals surface area contributed by atoms with Gasteiger partial charge in [-0.15, -0.1) is 0 Å². The predicted octanol–water partition coefficient (Wildman–Crippen LogP) is 2.58. The molecule has 0 aliphatic carbocycles. The number of carbonyl (C=O) groups is 1. The zero-order valence-corrected chi connectivity index (χ0v) is 19.5. The molecule has 1 aliphatic rings. The van der Waals surface area contributed by atoms with Gasteiger partial charge in [0.15, 0.2) is 0 Å². The molecule has 1 amide bonds. The smallest absolute Gasteiger partial charge is 0.410 e. The molecule has 1 fully saturated rings. The van der Waals surface area contributed by atoms with E-state index in [-0.39, 0.29) is 43.4 Å². The van der Waals surface area contributed by atoms with Crippen molar-refractivity contribution in [1.82, 2.24) is 9.88 Å². The number of piperazine rings is 1. The first-order chi connectivity index (χ1) is 16.1. The van der Waals surface area contributed by atoms with Crippen molar-refractivity contribution in [1.29, 1.82) is 5.26 Å². The fourth-order valence-corrected chi connectivity index (χ4v) is 3.58. The maximum atomic E-state index is 14.2. The van der Waals surface area contributed by atoms with Crippen LogP contribution in [-0.4, -0.2) is 64.1 Å². The first-order valence-corrected chi connectivity index (χ1v) is 10.9. The van der Waals surface area contributed by atoms with Crippen LogP contribution < -0.4 is 9.64 Å². The fourth-order valence-electron chi connectivity index (χ4n) is 3.58. The maximum absolute atomic E-state index is 14.2. The van der Waals surface area contributed by atoms with Gasteiger partial charge in [0.1, 0.15) is 23.8 Å². The highest BCUT2D eigenvalue weighted by atomic mass is 19.1. The van der Waals surface area contributed by atoms with Crippen LogP contribution in [-0.2, 0) is 18.0 Å². The first kappa shape index (κ1) is 25.2. The summed E-state index contributed by atoms with van der Waals surface area (Å²) in [6.45, 7) is 5.67. The number of hydrogen-bond acceptors (Lipinski definition) is 8. The summed E-state index contributed by atoms with van der Waals surface area (Å²) in [6, 6.07) is 8.77. The van der Waals surface area contributed by atoms with Crippen molar-refractivity contribution in [2.45, 2.75) is 45.6 Å². The van der Waals surface area contributed by atoms with Gasteiger partial charge in [0.2, 0.25) is 5.88 Å². The van der Waals surface area contributed by atoms with E-state index in [0.717, 1.165) is 6.07 Å². The van der Waals surface area contributed by atoms with Crippen LogP contribution >= 0.6 is 0 Å². The van der Waals surface area contributed by atoms with E-state index in [0.29, 0.717) is 24.5 Å². The zero-order valence-electron chi connectivity index (χ0n) is 19.5. The van der Waals surface area contributed by atoms with E-state index in [1.165, 1.54) is 17.0 Å². The van der Waals surface area contributed by atoms with Crippen molar-refractivity contribution in [3.05, 3.63) is 52.8 Å². The molecular weight excluding hydrogens is 443 g/mol. The number of nitriles is 1. The van der Waals surface area contributed by atoms with Gasteiger partial charge >= 0.3 is 6.09 Å². The number of rotatable bonds is 6. The summed E-state index contributed by atoms with van der Waals surface area (Å²) in [7, 11) is 0. The highest BCUT2D eigenvalue weighted by molar-refractivity contribution is 5.69. The van der Waals surface area contributed by atoms with Crippen LogP contribution in [0.3, 0.4) is 0 Å². The predicted molar refractivity (Wildman–Crippen MR) is 122 cm³/mol. The van der Waals surface area contributed by atoms with E-state index in [1.807, 2.05) is 11.0 Å². The number of halogens is 1. The van der Waals surface area contributed by atoms with E-state index in [9.17, 15) is 19.4 Å². The van der Waals surface area contributed by atoms with Crippen LogP contribution in [0.1, 0.15) is 37.5 Å². The Morgan fingerprint density at radius 3 is 2.59 bits per heavy atom. The van der Waals surface area contributed by atoms with E-state index >= 15 is 0 Å². The second-order valence-electron chi connectivity index (χ2n) is 8.95. The number of ether oxygens (including phenoxy) is 2. The third-order valence-corrected chi connectivity index (χ3v) is 5.28. The van der Waals surface area contributed by atoms with Crippen molar-refractivity contribution < 1.29 is 28.9 Å². The van der Waals surface area contributed by atoms with E-state index in [1.54, 1.807) is 32.9 Å². The van der Waals surface area contributed by atoms with E-state index in [4.69, 9.17) is 14.7 Å². The third kappa shape index (κ3) is 6.12. The molecule has 182 valence electrons. The van der Waals surface area contributed by atoms with E-state index < -0.39 is 23.6 Å². The van der Waals surface area contributed by atoms with Crippen LogP contribution in [0.15, 0.2) is 30.3 Å². The van der Waals surface area contributed by atoms with Crippen molar-refractivity contribution in [3.8, 4) is 11.9 Å². The second kappa shape index (κ2) is 10.7. The van der Waals surface area contributed by atoms with Gasteiger partial charge in [-0.1, -0.05) is 6.07 Å². The molecule has 1 aliphatic heterocycles. The topological polar surface area (TPSA) is 119 Å². The Balaban J connectivity index is 1.76. The summed E-state index contributed by atoms with van der Waals surface area (Å²) in [5.74, 6) is 0.0790. The highest BCUT2D eigenvalue weighted by Gasteiger charge is 2.33. The zero-order chi connectivity index (χ0) is 24.9. The minimum absolute atomic E-state index is 0.0989. The number of aromatic nitrogens is 1. The summed E-state index contributed by atoms with van der Waals surface area (Å²) in [6.07, 6.45) is -0.456. The average Bonchev–Trinajstić information content (AvgIpc) is 2.81. The minimum Gasteiger partial charge on any atom is -0.473 e. The van der Waals surface area contributed by atoms with Crippen LogP contribution in [0, 0.1) is 17.1 Å². The summed E-state index contributed by atoms with van der Waals surface area (Å²) in [5.41, 5.74) is 0.387. The lowest BCUT2D eigenvalue weighted by Gasteiger charge is -2.42. The van der Waals surface area contributed by atoms with Crippen molar-refractivity contribution in [2.24, 2.45) is 0 Å². The molecule has 2 heterocycles. The number of aliphatic hydroxyl groups excluding tert-OH is 2. The number of anilines is 1. The van der Waals surface area contributed by atoms with Crippen molar-refractivity contribution in [2.75, 3.05) is 31.1 Å². The number of hydrogen-bond donors (Lipinski definition) is 2. The molecule has 34 heavy (non-hydrogen) atoms. The molecular formula is C24H29FN4O5. The number of benzene rings is 1. The monoisotopic (exact) mass is 472 g/mol. The molecule has 9 nitrogen and oxygen atoms in total. The summed E-state index contributed by atoms with van der Waals surface area (Å²) in [4.78, 5) is 20.3. The molecule has 2 N–H and O–H groups in total. The lowest BCUT2D eigenvalue weighted by Crippen LogP contribution is -2.57. The highest BCUT2D eigenvalue weighted by Crippen LogP contribution is 2.27. The standard InChI is InChI=1S/C24H29FN4O5/c1-24(2,3)34-23(32)28-8-9-29(19(12-28)14-31)22-17(13-30)6-7-21(27-22)33-15-18-5-4-16(11-26)10-20(18)25/h4-7,10,19,30-31H,8-9,12-15H2,1-3H3. The lowest BCUT2D eigenvalue weighted by molar-refractivity contribution is 0.0196. The van der Waals surface area contributed by atoms with Crippen molar-refractivity contribution in [3.63, 3.8) is 0 Å². The Kier molecular flexibility index (Phi) is 7.91. The van der Waals surface area contributed by atoms with Gasteiger partial charge in [-0.2, -0.15) is 10.2 Å². The fraction of sp³-hybridized carbons (Fsp3) is 0.458. The van der Waals surface area contributed by atoms with Gasteiger partial charge in [-0.05, 0) is 39.0 Å². The molecule has 1 saturated heterocycles. The first-order valence-electron chi connectivity index (χ1n) is 10.9. The van der Waals surface area contributed by atoms with Gasteiger partial charge in [0, 0.05) is 36.8 Å². The average molecular weight is 473 g/mol. The third-order valence-electron chi connectivity index (χ3n) is 5.28. The second-order valence-corrected chi connectivity index (χ2v) is 8.95. The minimum atomic E-state index is -0.630. The molecule has 0 saturated carbocycles. The quantitative estimate of drug-likeness (QED) is 0.659. The molecule has 10 heteroatoms. The molecule has 1 atom stereocenters. The molecule has 2 aromatic rings.